The molecule has 4 nitrogen and oxygen atoms in total. The summed E-state index contributed by atoms with van der Waals surface area (Å²) in [5, 5.41) is 0. The second-order valence-corrected chi connectivity index (χ2v) is 7.10. The highest BCUT2D eigenvalue weighted by Gasteiger charge is 2.06. The molecule has 0 unspecified atom stereocenters. The van der Waals surface area contributed by atoms with Gasteiger partial charge in [-0.3, -0.25) is 4.72 Å². The van der Waals surface area contributed by atoms with Gasteiger partial charge in [0, 0.05) is 18.1 Å². The van der Waals surface area contributed by atoms with Crippen molar-refractivity contribution in [1.29, 1.82) is 0 Å². The van der Waals surface area contributed by atoms with Crippen LogP contribution in [0.25, 0.3) is 0 Å². The molecule has 0 atom stereocenters. The van der Waals surface area contributed by atoms with E-state index >= 15 is 0 Å². The Bertz CT molecular complexity index is 391. The fourth-order valence-electron chi connectivity index (χ4n) is 0.917. The summed E-state index contributed by atoms with van der Waals surface area (Å²) in [6.45, 7) is 0.706. The molecular weight excluding hydrogens is 303 g/mol. The molecule has 6 heteroatoms. The molecule has 0 aliphatic heterocycles. The Balaban J connectivity index is 2.74. The molecule has 72 valence electrons. The Hall–Kier alpha value is -0.300. The smallest absolute Gasteiger partial charge is 0.286 e. The molecule has 0 radical (unpaired) electrons. The van der Waals surface area contributed by atoms with Crippen molar-refractivity contribution in [2.45, 2.75) is 6.42 Å². The number of hydrogen-bond donors (Lipinski definition) is 2. The molecule has 0 aromatic heterocycles. The van der Waals surface area contributed by atoms with E-state index in [-0.39, 0.29) is 0 Å². The maximum Gasteiger partial charge on any atom is 0.286 e. The lowest BCUT2D eigenvalue weighted by Crippen LogP contribution is -2.51. The van der Waals surface area contributed by atoms with Crippen LogP contribution in [0, 0.1) is 0 Å². The largest absolute Gasteiger partial charge is 0.354 e. The number of allylic oxidation sites excluding steroid dienone is 2. The molecule has 0 saturated carbocycles. The summed E-state index contributed by atoms with van der Waals surface area (Å²) in [5.74, 6) is 0. The van der Waals surface area contributed by atoms with Gasteiger partial charge in [0.1, 0.15) is 6.54 Å². The summed E-state index contributed by atoms with van der Waals surface area (Å²) in [4.78, 5) is 0. The van der Waals surface area contributed by atoms with Crippen LogP contribution >= 0.6 is 21.2 Å². The normalized spacial score (nSPS) is 16.5. The maximum absolute atomic E-state index is 10.8. The van der Waals surface area contributed by atoms with Crippen molar-refractivity contribution in [3.05, 3.63) is 29.2 Å². The van der Waals surface area contributed by atoms with Crippen LogP contribution in [0.15, 0.2) is 29.2 Å². The summed E-state index contributed by atoms with van der Waals surface area (Å²) in [6, 6.07) is 0. The van der Waals surface area contributed by atoms with Crippen LogP contribution in [-0.4, -0.2) is 15.0 Å². The van der Waals surface area contributed by atoms with E-state index in [1.54, 1.807) is 6.08 Å². The molecule has 4 N–H and O–H groups in total. The van der Waals surface area contributed by atoms with E-state index in [0.29, 0.717) is 18.7 Å². The minimum atomic E-state index is -3.19. The van der Waals surface area contributed by atoms with Crippen LogP contribution in [-0.2, 0) is 7.19 Å². The predicted octanol–water partition coefficient (Wildman–Crippen LogP) is -0.133. The summed E-state index contributed by atoms with van der Waals surface area (Å²) >= 11 is 1.35. The highest BCUT2D eigenvalue weighted by molar-refractivity contribution is 14.2. The Morgan fingerprint density at radius 1 is 1.69 bits per heavy atom. The summed E-state index contributed by atoms with van der Waals surface area (Å²) in [7, 11) is -3.19. The Morgan fingerprint density at radius 2 is 2.38 bits per heavy atom. The van der Waals surface area contributed by atoms with Crippen molar-refractivity contribution in [1.82, 2.24) is 4.72 Å². The fraction of sp³-hybridized carbons (Fsp3) is 0.286. The van der Waals surface area contributed by atoms with Crippen LogP contribution in [0.4, 0.5) is 0 Å². The third-order valence-electron chi connectivity index (χ3n) is 1.54. The summed E-state index contributed by atoms with van der Waals surface area (Å²) < 4.78 is 24.0. The Labute approximate surface area is 89.2 Å². The molecule has 0 amide bonds. The van der Waals surface area contributed by atoms with E-state index in [0.717, 1.165) is 5.57 Å². The summed E-state index contributed by atoms with van der Waals surface area (Å²) in [6.07, 6.45) is 4.15. The minimum absolute atomic E-state index is 0.576. The van der Waals surface area contributed by atoms with Crippen LogP contribution in [0.5, 0.6) is 0 Å². The number of quaternary nitrogens is 1. The maximum atomic E-state index is 10.8. The first-order chi connectivity index (χ1) is 6.01. The van der Waals surface area contributed by atoms with E-state index in [9.17, 15) is 8.42 Å². The molecule has 1 aliphatic rings. The zero-order valence-corrected chi connectivity index (χ0v) is 9.85. The highest BCUT2D eigenvalue weighted by atomic mass is 127. The molecular formula is C7H10IN2O2S+. The van der Waals surface area contributed by atoms with Gasteiger partial charge in [0.25, 0.3) is 7.19 Å². The van der Waals surface area contributed by atoms with Crippen molar-refractivity contribution >= 4 is 28.4 Å². The van der Waals surface area contributed by atoms with Gasteiger partial charge in [0.15, 0.2) is 0 Å². The second kappa shape index (κ2) is 4.28. The van der Waals surface area contributed by atoms with Gasteiger partial charge in [0.05, 0.1) is 26.9 Å². The van der Waals surface area contributed by atoms with Crippen molar-refractivity contribution < 1.29 is 14.2 Å². The molecule has 0 spiro atoms. The molecule has 1 rings (SSSR count). The van der Waals surface area contributed by atoms with Gasteiger partial charge in [-0.15, -0.1) is 5.73 Å². The SMILES string of the molecule is [NH3+]CC1=C=CC(NS(=O)(=O)I)=CC1. The fourth-order valence-corrected chi connectivity index (χ4v) is 2.10. The lowest BCUT2D eigenvalue weighted by molar-refractivity contribution is -0.356. The minimum Gasteiger partial charge on any atom is -0.354 e. The quantitative estimate of drug-likeness (QED) is 0.433. The molecule has 0 aromatic carbocycles. The predicted molar refractivity (Wildman–Crippen MR) is 58.1 cm³/mol. The zero-order valence-electron chi connectivity index (χ0n) is 6.88. The van der Waals surface area contributed by atoms with Crippen molar-refractivity contribution in [3.63, 3.8) is 0 Å². The first kappa shape index (κ1) is 10.8. The number of rotatable bonds is 3. The van der Waals surface area contributed by atoms with E-state index in [4.69, 9.17) is 0 Å². The molecule has 0 aromatic rings. The average Bonchev–Trinajstić information content (AvgIpc) is 2.03. The number of nitrogens with one attached hydrogen (secondary N) is 1. The molecule has 0 bridgehead atoms. The van der Waals surface area contributed by atoms with E-state index in [1.807, 2.05) is 6.08 Å². The first-order valence-corrected chi connectivity index (χ1v) is 7.70. The van der Waals surface area contributed by atoms with Crippen LogP contribution < -0.4 is 10.5 Å². The van der Waals surface area contributed by atoms with Crippen molar-refractivity contribution in [2.75, 3.05) is 6.54 Å². The van der Waals surface area contributed by atoms with Crippen molar-refractivity contribution in [2.24, 2.45) is 0 Å². The Morgan fingerprint density at radius 3 is 2.77 bits per heavy atom. The van der Waals surface area contributed by atoms with E-state index in [2.05, 4.69) is 16.2 Å². The van der Waals surface area contributed by atoms with Gasteiger partial charge in [-0.25, -0.2) is 0 Å². The molecule has 0 saturated heterocycles. The van der Waals surface area contributed by atoms with Gasteiger partial charge in [-0.2, -0.15) is 8.42 Å². The molecule has 0 heterocycles. The average molecular weight is 313 g/mol. The van der Waals surface area contributed by atoms with Crippen LogP contribution in [0.1, 0.15) is 6.42 Å². The van der Waals surface area contributed by atoms with E-state index in [1.165, 1.54) is 21.2 Å². The van der Waals surface area contributed by atoms with Gasteiger partial charge < -0.3 is 5.73 Å². The van der Waals surface area contributed by atoms with Crippen molar-refractivity contribution in [3.8, 4) is 0 Å². The van der Waals surface area contributed by atoms with Crippen LogP contribution in [0.2, 0.25) is 0 Å². The van der Waals surface area contributed by atoms with Gasteiger partial charge in [-0.1, -0.05) is 6.08 Å². The van der Waals surface area contributed by atoms with Gasteiger partial charge in [0.2, 0.25) is 0 Å². The molecule has 1 aliphatic carbocycles. The first-order valence-electron chi connectivity index (χ1n) is 3.67. The lowest BCUT2D eigenvalue weighted by atomic mass is 10.1. The van der Waals surface area contributed by atoms with Crippen LogP contribution in [0.3, 0.4) is 0 Å². The second-order valence-electron chi connectivity index (χ2n) is 2.55. The molecule has 0 fully saturated rings. The topological polar surface area (TPSA) is 73.8 Å². The molecule has 13 heavy (non-hydrogen) atoms. The van der Waals surface area contributed by atoms with E-state index < -0.39 is 7.19 Å². The number of halogens is 1. The third-order valence-corrected chi connectivity index (χ3v) is 2.68. The zero-order chi connectivity index (χ0) is 9.90. The third kappa shape index (κ3) is 3.95. The number of hydrogen-bond acceptors (Lipinski definition) is 2. The Kier molecular flexibility index (Phi) is 3.55. The monoisotopic (exact) mass is 313 g/mol. The summed E-state index contributed by atoms with van der Waals surface area (Å²) in [5.41, 5.74) is 8.35. The van der Waals surface area contributed by atoms with Gasteiger partial charge in [-0.05, 0) is 0 Å². The van der Waals surface area contributed by atoms with Gasteiger partial charge >= 0.3 is 0 Å². The highest BCUT2D eigenvalue weighted by Crippen LogP contribution is 2.10. The lowest BCUT2D eigenvalue weighted by Gasteiger charge is -2.06. The standard InChI is InChI=1S/C7H9IN2O2S/c8-13(11,12)10-7-3-1-6(5-9)2-4-7/h3-4,10H,1,5,9H2/p+1.